The first-order valence-corrected chi connectivity index (χ1v) is 6.57. The molecule has 1 aromatic heterocycles. The van der Waals surface area contributed by atoms with Gasteiger partial charge in [-0.3, -0.25) is 10.1 Å². The molecule has 2 aromatic rings. The minimum Gasteiger partial charge on any atom is -0.468 e. The summed E-state index contributed by atoms with van der Waals surface area (Å²) >= 11 is 3.28. The molecule has 0 amide bonds. The Bertz CT molecular complexity index is 569. The predicted molar refractivity (Wildman–Crippen MR) is 74.8 cm³/mol. The summed E-state index contributed by atoms with van der Waals surface area (Å²) < 4.78 is 5.81. The van der Waals surface area contributed by atoms with Crippen LogP contribution >= 0.6 is 15.9 Å². The van der Waals surface area contributed by atoms with Gasteiger partial charge >= 0.3 is 0 Å². The minimum absolute atomic E-state index is 0.0427. The zero-order chi connectivity index (χ0) is 13.8. The number of furan rings is 1. The summed E-state index contributed by atoms with van der Waals surface area (Å²) in [5.74, 6) is 0.835. The molecule has 0 bridgehead atoms. The van der Waals surface area contributed by atoms with Crippen LogP contribution in [0.15, 0.2) is 45.5 Å². The SMILES string of the molecule is C[C@@H](NCc1cccc([N+](=O)[O-])c1Br)c1ccco1. The second-order valence-corrected chi connectivity index (χ2v) is 4.92. The molecule has 0 saturated heterocycles. The predicted octanol–water partition coefficient (Wildman–Crippen LogP) is 3.80. The summed E-state index contributed by atoms with van der Waals surface area (Å²) in [7, 11) is 0. The smallest absolute Gasteiger partial charge is 0.283 e. The van der Waals surface area contributed by atoms with Gasteiger partial charge < -0.3 is 9.73 Å². The molecule has 100 valence electrons. The van der Waals surface area contributed by atoms with E-state index in [1.54, 1.807) is 12.3 Å². The fraction of sp³-hybridized carbons (Fsp3) is 0.231. The Kier molecular flexibility index (Phi) is 4.34. The number of benzene rings is 1. The average molecular weight is 325 g/mol. The third-order valence-electron chi connectivity index (χ3n) is 2.82. The second kappa shape index (κ2) is 5.99. The third-order valence-corrected chi connectivity index (χ3v) is 3.74. The van der Waals surface area contributed by atoms with Crippen molar-refractivity contribution in [3.05, 3.63) is 62.5 Å². The Labute approximate surface area is 118 Å². The van der Waals surface area contributed by atoms with E-state index in [0.29, 0.717) is 11.0 Å². The van der Waals surface area contributed by atoms with Crippen LogP contribution in [-0.2, 0) is 6.54 Å². The number of halogens is 1. The lowest BCUT2D eigenvalue weighted by molar-refractivity contribution is -0.385. The summed E-state index contributed by atoms with van der Waals surface area (Å²) in [6.07, 6.45) is 1.62. The van der Waals surface area contributed by atoms with Crippen molar-refractivity contribution < 1.29 is 9.34 Å². The van der Waals surface area contributed by atoms with E-state index in [1.807, 2.05) is 25.1 Å². The standard InChI is InChI=1S/C13H13BrN2O3/c1-9(12-6-3-7-19-12)15-8-10-4-2-5-11(13(10)14)16(17)18/h2-7,9,15H,8H2,1H3/t9-/m1/s1. The highest BCUT2D eigenvalue weighted by atomic mass is 79.9. The van der Waals surface area contributed by atoms with Crippen molar-refractivity contribution in [2.24, 2.45) is 0 Å². The molecular weight excluding hydrogens is 312 g/mol. The molecule has 0 aliphatic carbocycles. The fourth-order valence-corrected chi connectivity index (χ4v) is 2.29. The molecule has 1 atom stereocenters. The van der Waals surface area contributed by atoms with E-state index in [9.17, 15) is 10.1 Å². The summed E-state index contributed by atoms with van der Waals surface area (Å²) in [4.78, 5) is 10.4. The first-order valence-electron chi connectivity index (χ1n) is 5.78. The lowest BCUT2D eigenvalue weighted by Gasteiger charge is -2.12. The quantitative estimate of drug-likeness (QED) is 0.670. The molecule has 0 spiro atoms. The Morgan fingerprint density at radius 2 is 2.21 bits per heavy atom. The van der Waals surface area contributed by atoms with Crippen molar-refractivity contribution in [1.82, 2.24) is 5.32 Å². The summed E-state index contributed by atoms with van der Waals surface area (Å²) in [5.41, 5.74) is 0.914. The number of nitrogens with one attached hydrogen (secondary N) is 1. The van der Waals surface area contributed by atoms with Crippen molar-refractivity contribution >= 4 is 21.6 Å². The van der Waals surface area contributed by atoms with Gasteiger partial charge in [-0.2, -0.15) is 0 Å². The van der Waals surface area contributed by atoms with Gasteiger partial charge in [-0.1, -0.05) is 12.1 Å². The van der Waals surface area contributed by atoms with E-state index < -0.39 is 4.92 Å². The fourth-order valence-electron chi connectivity index (χ4n) is 1.75. The van der Waals surface area contributed by atoms with E-state index in [4.69, 9.17) is 4.42 Å². The normalized spacial score (nSPS) is 12.3. The van der Waals surface area contributed by atoms with E-state index in [0.717, 1.165) is 11.3 Å². The molecule has 0 radical (unpaired) electrons. The van der Waals surface area contributed by atoms with Crippen LogP contribution in [0, 0.1) is 10.1 Å². The Morgan fingerprint density at radius 3 is 2.84 bits per heavy atom. The molecule has 19 heavy (non-hydrogen) atoms. The monoisotopic (exact) mass is 324 g/mol. The number of nitro benzene ring substituents is 1. The van der Waals surface area contributed by atoms with E-state index in [1.165, 1.54) is 6.07 Å². The Hall–Kier alpha value is -1.66. The second-order valence-electron chi connectivity index (χ2n) is 4.13. The molecule has 0 fully saturated rings. The molecule has 0 saturated carbocycles. The van der Waals surface area contributed by atoms with Crippen LogP contribution < -0.4 is 5.32 Å². The molecule has 0 unspecified atom stereocenters. The van der Waals surface area contributed by atoms with Gasteiger partial charge in [0.05, 0.1) is 21.7 Å². The maximum Gasteiger partial charge on any atom is 0.283 e. The number of rotatable bonds is 5. The van der Waals surface area contributed by atoms with Gasteiger partial charge in [0.25, 0.3) is 5.69 Å². The lowest BCUT2D eigenvalue weighted by Crippen LogP contribution is -2.18. The van der Waals surface area contributed by atoms with Crippen LogP contribution in [0.1, 0.15) is 24.3 Å². The molecule has 1 aromatic carbocycles. The van der Waals surface area contributed by atoms with E-state index in [-0.39, 0.29) is 11.7 Å². The van der Waals surface area contributed by atoms with Crippen molar-refractivity contribution in [3.63, 3.8) is 0 Å². The van der Waals surface area contributed by atoms with Crippen LogP contribution in [0.4, 0.5) is 5.69 Å². The number of nitrogens with zero attached hydrogens (tertiary/aromatic N) is 1. The number of nitro groups is 1. The van der Waals surface area contributed by atoms with Crippen LogP contribution in [0.2, 0.25) is 0 Å². The van der Waals surface area contributed by atoms with Gasteiger partial charge in [-0.25, -0.2) is 0 Å². The van der Waals surface area contributed by atoms with Crippen molar-refractivity contribution in [2.45, 2.75) is 19.5 Å². The molecule has 1 N–H and O–H groups in total. The largest absolute Gasteiger partial charge is 0.468 e. The van der Waals surface area contributed by atoms with Gasteiger partial charge in [0, 0.05) is 12.6 Å². The van der Waals surface area contributed by atoms with Crippen LogP contribution in [0.5, 0.6) is 0 Å². The molecule has 0 aliphatic rings. The molecular formula is C13H13BrN2O3. The van der Waals surface area contributed by atoms with Crippen molar-refractivity contribution in [1.29, 1.82) is 0 Å². The molecule has 1 heterocycles. The van der Waals surface area contributed by atoms with Gasteiger partial charge in [0.1, 0.15) is 5.76 Å². The molecule has 6 heteroatoms. The average Bonchev–Trinajstić information content (AvgIpc) is 2.90. The summed E-state index contributed by atoms with van der Waals surface area (Å²) in [6.45, 7) is 2.49. The highest BCUT2D eigenvalue weighted by molar-refractivity contribution is 9.10. The summed E-state index contributed by atoms with van der Waals surface area (Å²) in [5, 5.41) is 14.1. The van der Waals surface area contributed by atoms with E-state index in [2.05, 4.69) is 21.2 Å². The first-order chi connectivity index (χ1) is 9.09. The zero-order valence-corrected chi connectivity index (χ0v) is 11.9. The van der Waals surface area contributed by atoms with Crippen molar-refractivity contribution in [2.75, 3.05) is 0 Å². The van der Waals surface area contributed by atoms with E-state index >= 15 is 0 Å². The van der Waals surface area contributed by atoms with Crippen LogP contribution in [0.25, 0.3) is 0 Å². The van der Waals surface area contributed by atoms with Crippen LogP contribution in [-0.4, -0.2) is 4.92 Å². The number of hydrogen-bond donors (Lipinski definition) is 1. The van der Waals surface area contributed by atoms with Crippen LogP contribution in [0.3, 0.4) is 0 Å². The topological polar surface area (TPSA) is 68.3 Å². The first kappa shape index (κ1) is 13.8. The van der Waals surface area contributed by atoms with Gasteiger partial charge in [-0.05, 0) is 40.5 Å². The van der Waals surface area contributed by atoms with Gasteiger partial charge in [0.15, 0.2) is 0 Å². The molecule has 5 nitrogen and oxygen atoms in total. The van der Waals surface area contributed by atoms with Crippen molar-refractivity contribution in [3.8, 4) is 0 Å². The van der Waals surface area contributed by atoms with Gasteiger partial charge in [0.2, 0.25) is 0 Å². The third kappa shape index (κ3) is 3.21. The minimum atomic E-state index is -0.399. The summed E-state index contributed by atoms with van der Waals surface area (Å²) in [6, 6.07) is 8.76. The maximum atomic E-state index is 10.8. The Morgan fingerprint density at radius 1 is 1.42 bits per heavy atom. The maximum absolute atomic E-state index is 10.8. The highest BCUT2D eigenvalue weighted by Gasteiger charge is 2.15. The molecule has 0 aliphatic heterocycles. The number of hydrogen-bond acceptors (Lipinski definition) is 4. The van der Waals surface area contributed by atoms with Gasteiger partial charge in [-0.15, -0.1) is 0 Å². The lowest BCUT2D eigenvalue weighted by atomic mass is 10.2. The Balaban J connectivity index is 2.08. The highest BCUT2D eigenvalue weighted by Crippen LogP contribution is 2.28. The molecule has 2 rings (SSSR count). The zero-order valence-electron chi connectivity index (χ0n) is 10.3.